The fourth-order valence-electron chi connectivity index (χ4n) is 2.33. The second kappa shape index (κ2) is 6.71. The zero-order valence-corrected chi connectivity index (χ0v) is 13.0. The summed E-state index contributed by atoms with van der Waals surface area (Å²) >= 11 is 0. The molecule has 0 fully saturated rings. The quantitative estimate of drug-likeness (QED) is 0.872. The van der Waals surface area contributed by atoms with Gasteiger partial charge >= 0.3 is 0 Å². The Morgan fingerprint density at radius 1 is 1.25 bits per heavy atom. The van der Waals surface area contributed by atoms with E-state index in [-0.39, 0.29) is 0 Å². The Morgan fingerprint density at radius 3 is 2.70 bits per heavy atom. The second-order valence-corrected chi connectivity index (χ2v) is 5.79. The van der Waals surface area contributed by atoms with E-state index in [1.165, 1.54) is 17.4 Å². The van der Waals surface area contributed by atoms with Gasteiger partial charge in [0.2, 0.25) is 0 Å². The minimum absolute atomic E-state index is 0.717. The first-order valence-corrected chi connectivity index (χ1v) is 7.36. The molecule has 0 atom stereocenters. The van der Waals surface area contributed by atoms with Gasteiger partial charge in [0.15, 0.2) is 0 Å². The minimum atomic E-state index is 0.717. The molecule has 3 heteroatoms. The Kier molecular flexibility index (Phi) is 4.96. The Hall–Kier alpha value is -1.61. The average molecular weight is 271 g/mol. The summed E-state index contributed by atoms with van der Waals surface area (Å²) in [6.45, 7) is 6.43. The van der Waals surface area contributed by atoms with E-state index in [1.54, 1.807) is 0 Å². The topological polar surface area (TPSA) is 28.2 Å². The molecule has 2 aromatic rings. The molecule has 1 heterocycles. The first-order chi connectivity index (χ1) is 9.61. The van der Waals surface area contributed by atoms with Gasteiger partial charge in [0, 0.05) is 25.5 Å². The van der Waals surface area contributed by atoms with Crippen LogP contribution in [-0.2, 0) is 6.54 Å². The van der Waals surface area contributed by atoms with Gasteiger partial charge in [0.1, 0.15) is 5.82 Å². The molecule has 0 amide bonds. The Labute approximate surface area is 122 Å². The molecular weight excluding hydrogens is 246 g/mol. The molecule has 1 aromatic carbocycles. The molecule has 0 saturated carbocycles. The van der Waals surface area contributed by atoms with E-state index in [0.29, 0.717) is 0 Å². The number of para-hydroxylation sites is 1. The van der Waals surface area contributed by atoms with E-state index in [2.05, 4.69) is 61.4 Å². The first-order valence-electron chi connectivity index (χ1n) is 7.36. The summed E-state index contributed by atoms with van der Waals surface area (Å²) in [6, 6.07) is 10.6. The Bertz CT molecular complexity index is 563. The van der Waals surface area contributed by atoms with Crippen LogP contribution >= 0.6 is 0 Å². The van der Waals surface area contributed by atoms with Gasteiger partial charge in [-0.05, 0) is 37.1 Å². The van der Waals surface area contributed by atoms with Crippen molar-refractivity contribution < 1.29 is 0 Å². The molecule has 0 aliphatic carbocycles. The summed E-state index contributed by atoms with van der Waals surface area (Å²) in [6.07, 6.45) is 1.19. The van der Waals surface area contributed by atoms with Crippen molar-refractivity contribution in [3.05, 3.63) is 35.9 Å². The SMILES string of the molecule is CNCc1cc(N(C)CCC(C)C)nc2ccccc12. The number of hydrogen-bond acceptors (Lipinski definition) is 3. The lowest BCUT2D eigenvalue weighted by atomic mass is 10.1. The zero-order valence-electron chi connectivity index (χ0n) is 13.0. The van der Waals surface area contributed by atoms with Gasteiger partial charge < -0.3 is 10.2 Å². The third-order valence-corrected chi connectivity index (χ3v) is 3.59. The average Bonchev–Trinajstić information content (AvgIpc) is 2.45. The van der Waals surface area contributed by atoms with Crippen LogP contribution in [0.3, 0.4) is 0 Å². The molecule has 1 N–H and O–H groups in total. The van der Waals surface area contributed by atoms with Crippen LogP contribution in [0.2, 0.25) is 0 Å². The molecule has 0 unspecified atom stereocenters. The highest BCUT2D eigenvalue weighted by Crippen LogP contribution is 2.22. The maximum atomic E-state index is 4.79. The summed E-state index contributed by atoms with van der Waals surface area (Å²) in [7, 11) is 4.11. The maximum absolute atomic E-state index is 4.79. The van der Waals surface area contributed by atoms with Gasteiger partial charge in [0.25, 0.3) is 0 Å². The van der Waals surface area contributed by atoms with Crippen molar-refractivity contribution >= 4 is 16.7 Å². The number of pyridine rings is 1. The molecule has 0 aliphatic heterocycles. The molecule has 0 bridgehead atoms. The molecule has 0 radical (unpaired) electrons. The standard InChI is InChI=1S/C17H25N3/c1-13(2)9-10-20(4)17-11-14(12-18-3)15-7-5-6-8-16(15)19-17/h5-8,11,13,18H,9-10,12H2,1-4H3. The largest absolute Gasteiger partial charge is 0.360 e. The summed E-state index contributed by atoms with van der Waals surface area (Å²) in [5.74, 6) is 1.78. The number of fused-ring (bicyclic) bond motifs is 1. The highest BCUT2D eigenvalue weighted by Gasteiger charge is 2.09. The predicted molar refractivity (Wildman–Crippen MR) is 87.2 cm³/mol. The molecule has 20 heavy (non-hydrogen) atoms. The molecule has 1 aromatic heterocycles. The Morgan fingerprint density at radius 2 is 2.00 bits per heavy atom. The number of nitrogens with zero attached hydrogens (tertiary/aromatic N) is 2. The van der Waals surface area contributed by atoms with Crippen molar-refractivity contribution in [3.8, 4) is 0 Å². The number of aromatic nitrogens is 1. The van der Waals surface area contributed by atoms with E-state index in [9.17, 15) is 0 Å². The fourth-order valence-corrected chi connectivity index (χ4v) is 2.33. The summed E-state index contributed by atoms with van der Waals surface area (Å²) in [4.78, 5) is 7.05. The maximum Gasteiger partial charge on any atom is 0.129 e. The number of anilines is 1. The monoisotopic (exact) mass is 271 g/mol. The normalized spacial score (nSPS) is 11.2. The van der Waals surface area contributed by atoms with E-state index in [1.807, 2.05) is 7.05 Å². The lowest BCUT2D eigenvalue weighted by Gasteiger charge is -2.21. The van der Waals surface area contributed by atoms with E-state index >= 15 is 0 Å². The minimum Gasteiger partial charge on any atom is -0.360 e. The molecule has 2 rings (SSSR count). The van der Waals surface area contributed by atoms with Gasteiger partial charge in [-0.2, -0.15) is 0 Å². The second-order valence-electron chi connectivity index (χ2n) is 5.79. The van der Waals surface area contributed by atoms with Gasteiger partial charge in [-0.1, -0.05) is 32.0 Å². The summed E-state index contributed by atoms with van der Waals surface area (Å²) < 4.78 is 0. The van der Waals surface area contributed by atoms with Crippen LogP contribution in [0.1, 0.15) is 25.8 Å². The number of nitrogens with one attached hydrogen (secondary N) is 1. The highest BCUT2D eigenvalue weighted by molar-refractivity contribution is 5.84. The van der Waals surface area contributed by atoms with Crippen LogP contribution in [0.4, 0.5) is 5.82 Å². The number of benzene rings is 1. The molecule has 0 aliphatic rings. The number of hydrogen-bond donors (Lipinski definition) is 1. The van der Waals surface area contributed by atoms with Gasteiger partial charge in [-0.15, -0.1) is 0 Å². The van der Waals surface area contributed by atoms with E-state index < -0.39 is 0 Å². The van der Waals surface area contributed by atoms with E-state index in [4.69, 9.17) is 4.98 Å². The zero-order chi connectivity index (χ0) is 14.5. The molecule has 0 spiro atoms. The van der Waals surface area contributed by atoms with Crippen molar-refractivity contribution in [1.82, 2.24) is 10.3 Å². The predicted octanol–water partition coefficient (Wildman–Crippen LogP) is 3.44. The fraction of sp³-hybridized carbons (Fsp3) is 0.471. The van der Waals surface area contributed by atoms with Crippen molar-refractivity contribution in [2.24, 2.45) is 5.92 Å². The highest BCUT2D eigenvalue weighted by atomic mass is 15.2. The van der Waals surface area contributed by atoms with Crippen LogP contribution in [0.5, 0.6) is 0 Å². The molecule has 3 nitrogen and oxygen atoms in total. The number of rotatable bonds is 6. The van der Waals surface area contributed by atoms with Gasteiger partial charge in [-0.25, -0.2) is 4.98 Å². The van der Waals surface area contributed by atoms with Crippen LogP contribution in [-0.4, -0.2) is 25.6 Å². The van der Waals surface area contributed by atoms with Gasteiger partial charge in [0.05, 0.1) is 5.52 Å². The molecule has 0 saturated heterocycles. The molecular formula is C17H25N3. The van der Waals surface area contributed by atoms with Crippen LogP contribution in [0.15, 0.2) is 30.3 Å². The van der Waals surface area contributed by atoms with Crippen molar-refractivity contribution in [2.75, 3.05) is 25.5 Å². The lowest BCUT2D eigenvalue weighted by molar-refractivity contribution is 0.584. The van der Waals surface area contributed by atoms with Crippen LogP contribution < -0.4 is 10.2 Å². The molecule has 108 valence electrons. The summed E-state index contributed by atoms with van der Waals surface area (Å²) in [5, 5.41) is 4.48. The third-order valence-electron chi connectivity index (χ3n) is 3.59. The van der Waals surface area contributed by atoms with Gasteiger partial charge in [-0.3, -0.25) is 0 Å². The van der Waals surface area contributed by atoms with E-state index in [0.717, 1.165) is 30.3 Å². The smallest absolute Gasteiger partial charge is 0.129 e. The van der Waals surface area contributed by atoms with Crippen molar-refractivity contribution in [3.63, 3.8) is 0 Å². The van der Waals surface area contributed by atoms with Crippen LogP contribution in [0, 0.1) is 5.92 Å². The van der Waals surface area contributed by atoms with Crippen molar-refractivity contribution in [2.45, 2.75) is 26.8 Å². The third kappa shape index (κ3) is 3.48. The summed E-state index contributed by atoms with van der Waals surface area (Å²) in [5.41, 5.74) is 2.39. The Balaban J connectivity index is 2.33. The van der Waals surface area contributed by atoms with Crippen LogP contribution in [0.25, 0.3) is 10.9 Å². The lowest BCUT2D eigenvalue weighted by Crippen LogP contribution is -2.21. The first kappa shape index (κ1) is 14.8. The van der Waals surface area contributed by atoms with Crippen molar-refractivity contribution in [1.29, 1.82) is 0 Å².